The summed E-state index contributed by atoms with van der Waals surface area (Å²) >= 11 is 0. The predicted molar refractivity (Wildman–Crippen MR) is 67.2 cm³/mol. The molecule has 0 N–H and O–H groups in total. The number of rotatable bonds is 9. The van der Waals surface area contributed by atoms with Crippen LogP contribution >= 0.6 is 0 Å². The molecular formula is C12H23N3O3. The summed E-state index contributed by atoms with van der Waals surface area (Å²) in [6.45, 7) is 7.80. The van der Waals surface area contributed by atoms with Crippen LogP contribution < -0.4 is 0 Å². The molecule has 1 heterocycles. The zero-order valence-corrected chi connectivity index (χ0v) is 11.6. The molecule has 0 aliphatic rings. The molecule has 18 heavy (non-hydrogen) atoms. The van der Waals surface area contributed by atoms with E-state index in [-0.39, 0.29) is 6.04 Å². The van der Waals surface area contributed by atoms with Crippen LogP contribution in [0, 0.1) is 0 Å². The first-order valence-corrected chi connectivity index (χ1v) is 6.36. The number of ether oxygens (including phenoxy) is 3. The Morgan fingerprint density at radius 3 is 2.50 bits per heavy atom. The predicted octanol–water partition coefficient (Wildman–Crippen LogP) is 1.95. The van der Waals surface area contributed by atoms with E-state index in [1.54, 1.807) is 7.11 Å². The van der Waals surface area contributed by atoms with Crippen molar-refractivity contribution in [2.75, 3.05) is 26.9 Å². The molecule has 0 saturated carbocycles. The Hall–Kier alpha value is -0.980. The topological polar surface area (TPSA) is 58.4 Å². The molecule has 1 unspecified atom stereocenters. The summed E-state index contributed by atoms with van der Waals surface area (Å²) in [4.78, 5) is 0. The van der Waals surface area contributed by atoms with Crippen molar-refractivity contribution in [2.24, 2.45) is 0 Å². The normalized spacial score (nSPS) is 13.2. The lowest BCUT2D eigenvalue weighted by Crippen LogP contribution is -2.10. The van der Waals surface area contributed by atoms with Crippen molar-refractivity contribution in [2.45, 2.75) is 39.5 Å². The van der Waals surface area contributed by atoms with Crippen LogP contribution in [0.4, 0.5) is 0 Å². The summed E-state index contributed by atoms with van der Waals surface area (Å²) in [5.74, 6) is 0. The van der Waals surface area contributed by atoms with Crippen LogP contribution in [0.15, 0.2) is 6.20 Å². The zero-order valence-electron chi connectivity index (χ0n) is 11.6. The molecule has 0 saturated heterocycles. The highest BCUT2D eigenvalue weighted by Gasteiger charge is 2.17. The van der Waals surface area contributed by atoms with Crippen molar-refractivity contribution in [3.63, 3.8) is 0 Å². The van der Waals surface area contributed by atoms with E-state index in [1.165, 1.54) is 0 Å². The molecule has 0 amide bonds. The Kier molecular flexibility index (Phi) is 6.85. The molecule has 0 aromatic carbocycles. The Bertz CT molecular complexity index is 324. The van der Waals surface area contributed by atoms with Crippen LogP contribution in [0.3, 0.4) is 0 Å². The highest BCUT2D eigenvalue weighted by molar-refractivity contribution is 4.95. The summed E-state index contributed by atoms with van der Waals surface area (Å²) in [6, 6.07) is 0.245. The maximum absolute atomic E-state index is 5.48. The summed E-state index contributed by atoms with van der Waals surface area (Å²) in [5.41, 5.74) is 0.711. The third kappa shape index (κ3) is 4.36. The van der Waals surface area contributed by atoms with E-state index in [0.717, 1.165) is 6.42 Å². The molecule has 0 bridgehead atoms. The molecule has 0 radical (unpaired) electrons. The maximum Gasteiger partial charge on any atom is 0.204 e. The smallest absolute Gasteiger partial charge is 0.204 e. The Balaban J connectivity index is 2.64. The van der Waals surface area contributed by atoms with E-state index in [2.05, 4.69) is 17.2 Å². The van der Waals surface area contributed by atoms with Crippen molar-refractivity contribution in [1.82, 2.24) is 15.0 Å². The second kappa shape index (κ2) is 8.18. The lowest BCUT2D eigenvalue weighted by Gasteiger charge is -2.14. The van der Waals surface area contributed by atoms with Crippen molar-refractivity contribution in [3.05, 3.63) is 11.9 Å². The average molecular weight is 257 g/mol. The van der Waals surface area contributed by atoms with Gasteiger partial charge in [-0.25, -0.2) is 4.68 Å². The largest absolute Gasteiger partial charge is 0.385 e. The molecule has 0 aliphatic carbocycles. The van der Waals surface area contributed by atoms with Crippen LogP contribution in [-0.4, -0.2) is 41.9 Å². The van der Waals surface area contributed by atoms with E-state index in [4.69, 9.17) is 14.2 Å². The highest BCUT2D eigenvalue weighted by atomic mass is 16.7. The van der Waals surface area contributed by atoms with Crippen LogP contribution in [0.2, 0.25) is 0 Å². The van der Waals surface area contributed by atoms with Gasteiger partial charge in [-0.1, -0.05) is 5.21 Å². The third-order valence-electron chi connectivity index (χ3n) is 2.60. The minimum atomic E-state index is -0.427. The van der Waals surface area contributed by atoms with Gasteiger partial charge in [0.15, 0.2) is 0 Å². The monoisotopic (exact) mass is 257 g/mol. The first-order chi connectivity index (χ1) is 8.72. The Morgan fingerprint density at radius 2 is 1.94 bits per heavy atom. The van der Waals surface area contributed by atoms with Crippen molar-refractivity contribution >= 4 is 0 Å². The number of hydrogen-bond acceptors (Lipinski definition) is 5. The van der Waals surface area contributed by atoms with Gasteiger partial charge in [0.1, 0.15) is 5.69 Å². The van der Waals surface area contributed by atoms with Crippen LogP contribution in [0.25, 0.3) is 0 Å². The van der Waals surface area contributed by atoms with Gasteiger partial charge in [-0.05, 0) is 27.2 Å². The zero-order chi connectivity index (χ0) is 13.4. The summed E-state index contributed by atoms with van der Waals surface area (Å²) in [7, 11) is 1.69. The van der Waals surface area contributed by atoms with Gasteiger partial charge < -0.3 is 14.2 Å². The maximum atomic E-state index is 5.48. The lowest BCUT2D eigenvalue weighted by molar-refractivity contribution is -0.142. The molecule has 0 aliphatic heterocycles. The van der Waals surface area contributed by atoms with Gasteiger partial charge in [0.25, 0.3) is 0 Å². The quantitative estimate of drug-likeness (QED) is 0.633. The van der Waals surface area contributed by atoms with Crippen LogP contribution in [0.1, 0.15) is 45.2 Å². The van der Waals surface area contributed by atoms with Gasteiger partial charge in [-0.3, -0.25) is 0 Å². The first-order valence-electron chi connectivity index (χ1n) is 6.36. The second-order valence-electron chi connectivity index (χ2n) is 4.00. The van der Waals surface area contributed by atoms with E-state index in [1.807, 2.05) is 24.7 Å². The molecule has 1 atom stereocenters. The molecule has 6 nitrogen and oxygen atoms in total. The molecule has 1 aromatic heterocycles. The summed E-state index contributed by atoms with van der Waals surface area (Å²) in [5, 5.41) is 8.21. The molecular weight excluding hydrogens is 234 g/mol. The standard InChI is InChI=1S/C12H23N3O3/c1-5-17-12(18-6-2)11-9-15(14-13-11)10(3)7-8-16-4/h9-10,12H,5-8H2,1-4H3. The Labute approximate surface area is 108 Å². The molecule has 1 aromatic rings. The average Bonchev–Trinajstić information content (AvgIpc) is 2.85. The molecule has 1 rings (SSSR count). The van der Waals surface area contributed by atoms with Crippen molar-refractivity contribution in [3.8, 4) is 0 Å². The summed E-state index contributed by atoms with van der Waals surface area (Å²) < 4.78 is 17.8. The first kappa shape index (κ1) is 15.1. The minimum Gasteiger partial charge on any atom is -0.385 e. The fraction of sp³-hybridized carbons (Fsp3) is 0.833. The van der Waals surface area contributed by atoms with Gasteiger partial charge in [0.2, 0.25) is 6.29 Å². The molecule has 104 valence electrons. The number of nitrogens with zero attached hydrogens (tertiary/aromatic N) is 3. The van der Waals surface area contributed by atoms with Crippen molar-refractivity contribution < 1.29 is 14.2 Å². The number of methoxy groups -OCH3 is 1. The van der Waals surface area contributed by atoms with E-state index < -0.39 is 6.29 Å². The van der Waals surface area contributed by atoms with Gasteiger partial charge in [0.05, 0.1) is 12.2 Å². The highest BCUT2D eigenvalue weighted by Crippen LogP contribution is 2.18. The van der Waals surface area contributed by atoms with E-state index >= 15 is 0 Å². The van der Waals surface area contributed by atoms with Gasteiger partial charge in [0, 0.05) is 26.9 Å². The number of aromatic nitrogens is 3. The van der Waals surface area contributed by atoms with Gasteiger partial charge in [-0.15, -0.1) is 5.10 Å². The Morgan fingerprint density at radius 1 is 1.28 bits per heavy atom. The SMILES string of the molecule is CCOC(OCC)c1cn(C(C)CCOC)nn1. The number of hydrogen-bond donors (Lipinski definition) is 0. The van der Waals surface area contributed by atoms with Crippen molar-refractivity contribution in [1.29, 1.82) is 0 Å². The fourth-order valence-corrected chi connectivity index (χ4v) is 1.56. The van der Waals surface area contributed by atoms with Gasteiger partial charge >= 0.3 is 0 Å². The summed E-state index contributed by atoms with van der Waals surface area (Å²) in [6.07, 6.45) is 2.34. The third-order valence-corrected chi connectivity index (χ3v) is 2.60. The lowest BCUT2D eigenvalue weighted by atomic mass is 10.2. The second-order valence-corrected chi connectivity index (χ2v) is 4.00. The molecule has 0 spiro atoms. The van der Waals surface area contributed by atoms with Crippen LogP contribution in [-0.2, 0) is 14.2 Å². The van der Waals surface area contributed by atoms with E-state index in [9.17, 15) is 0 Å². The van der Waals surface area contributed by atoms with Crippen LogP contribution in [0.5, 0.6) is 0 Å². The fourth-order valence-electron chi connectivity index (χ4n) is 1.56. The molecule has 6 heteroatoms. The molecule has 0 fully saturated rings. The minimum absolute atomic E-state index is 0.245. The van der Waals surface area contributed by atoms with Gasteiger partial charge in [-0.2, -0.15) is 0 Å². The van der Waals surface area contributed by atoms with E-state index in [0.29, 0.717) is 25.5 Å².